The molecule has 23 heavy (non-hydrogen) atoms. The standard InChI is InChI=1S/C17H24N2O4/c1-22-10-5-11-23-15(13-6-3-2-4-7-13)14-8-9-19(12-14)17(21)16(18)20/h2-4,6-7,14-15H,5,8-12H2,1H3,(H2,18,20)/t14-,15+/m1/s1. The Morgan fingerprint density at radius 2 is 2.04 bits per heavy atom. The van der Waals surface area contributed by atoms with Crippen molar-refractivity contribution in [2.45, 2.75) is 18.9 Å². The van der Waals surface area contributed by atoms with Crippen molar-refractivity contribution >= 4 is 11.8 Å². The van der Waals surface area contributed by atoms with E-state index in [9.17, 15) is 9.59 Å². The van der Waals surface area contributed by atoms with Gasteiger partial charge in [-0.15, -0.1) is 0 Å². The molecule has 1 fully saturated rings. The van der Waals surface area contributed by atoms with E-state index in [4.69, 9.17) is 15.2 Å². The molecule has 1 aromatic carbocycles. The summed E-state index contributed by atoms with van der Waals surface area (Å²) in [5, 5.41) is 0. The first kappa shape index (κ1) is 17.4. The molecule has 1 aromatic rings. The summed E-state index contributed by atoms with van der Waals surface area (Å²) in [4.78, 5) is 24.3. The maximum atomic E-state index is 11.7. The van der Waals surface area contributed by atoms with Crippen molar-refractivity contribution in [2.75, 3.05) is 33.4 Å². The number of nitrogens with two attached hydrogens (primary N) is 1. The highest BCUT2D eigenvalue weighted by Gasteiger charge is 2.34. The van der Waals surface area contributed by atoms with E-state index in [0.717, 1.165) is 18.4 Å². The van der Waals surface area contributed by atoms with Crippen molar-refractivity contribution in [1.29, 1.82) is 0 Å². The second-order valence-corrected chi connectivity index (χ2v) is 5.71. The van der Waals surface area contributed by atoms with E-state index in [0.29, 0.717) is 26.3 Å². The van der Waals surface area contributed by atoms with Gasteiger partial charge in [-0.3, -0.25) is 9.59 Å². The first-order valence-corrected chi connectivity index (χ1v) is 7.87. The molecule has 1 saturated heterocycles. The molecular formula is C17H24N2O4. The van der Waals surface area contributed by atoms with Crippen molar-refractivity contribution in [3.63, 3.8) is 0 Å². The highest BCUT2D eigenvalue weighted by molar-refractivity contribution is 6.34. The third-order valence-electron chi connectivity index (χ3n) is 4.07. The molecule has 0 saturated carbocycles. The molecule has 6 heteroatoms. The van der Waals surface area contributed by atoms with E-state index in [-0.39, 0.29) is 12.0 Å². The van der Waals surface area contributed by atoms with E-state index >= 15 is 0 Å². The first-order chi connectivity index (χ1) is 11.1. The molecule has 2 rings (SSSR count). The Labute approximate surface area is 136 Å². The van der Waals surface area contributed by atoms with Crippen LogP contribution in [0.3, 0.4) is 0 Å². The van der Waals surface area contributed by atoms with Crippen LogP contribution in [0, 0.1) is 5.92 Å². The zero-order chi connectivity index (χ0) is 16.7. The summed E-state index contributed by atoms with van der Waals surface area (Å²) in [5.41, 5.74) is 6.17. The van der Waals surface area contributed by atoms with E-state index in [2.05, 4.69) is 0 Å². The van der Waals surface area contributed by atoms with Crippen LogP contribution in [-0.2, 0) is 19.1 Å². The van der Waals surface area contributed by atoms with Gasteiger partial charge >= 0.3 is 11.8 Å². The van der Waals surface area contributed by atoms with E-state index in [1.807, 2.05) is 30.3 Å². The summed E-state index contributed by atoms with van der Waals surface area (Å²) < 4.78 is 11.1. The maximum absolute atomic E-state index is 11.7. The smallest absolute Gasteiger partial charge is 0.311 e. The summed E-state index contributed by atoms with van der Waals surface area (Å²) in [6.45, 7) is 2.27. The van der Waals surface area contributed by atoms with Crippen LogP contribution >= 0.6 is 0 Å². The number of carbonyl (C=O) groups is 2. The Morgan fingerprint density at radius 1 is 1.30 bits per heavy atom. The molecule has 1 heterocycles. The molecule has 0 radical (unpaired) electrons. The molecule has 0 spiro atoms. The average molecular weight is 320 g/mol. The van der Waals surface area contributed by atoms with E-state index in [1.54, 1.807) is 7.11 Å². The average Bonchev–Trinajstić information content (AvgIpc) is 3.04. The lowest BCUT2D eigenvalue weighted by atomic mass is 9.95. The number of nitrogens with zero attached hydrogens (tertiary/aromatic N) is 1. The molecule has 2 amide bonds. The number of likely N-dealkylation sites (tertiary alicyclic amines) is 1. The van der Waals surface area contributed by atoms with Crippen LogP contribution in [0.4, 0.5) is 0 Å². The van der Waals surface area contributed by atoms with Crippen molar-refractivity contribution in [1.82, 2.24) is 4.90 Å². The van der Waals surface area contributed by atoms with Gasteiger partial charge < -0.3 is 20.1 Å². The lowest BCUT2D eigenvalue weighted by molar-refractivity contribution is -0.143. The molecule has 0 aliphatic carbocycles. The van der Waals surface area contributed by atoms with Gasteiger partial charge in [-0.05, 0) is 18.4 Å². The monoisotopic (exact) mass is 320 g/mol. The fourth-order valence-electron chi connectivity index (χ4n) is 2.94. The minimum Gasteiger partial charge on any atom is -0.385 e. The molecular weight excluding hydrogens is 296 g/mol. The van der Waals surface area contributed by atoms with Crippen LogP contribution in [0.15, 0.2) is 30.3 Å². The van der Waals surface area contributed by atoms with Gasteiger partial charge in [0.1, 0.15) is 0 Å². The predicted molar refractivity (Wildman–Crippen MR) is 85.5 cm³/mol. The van der Waals surface area contributed by atoms with Gasteiger partial charge in [0.25, 0.3) is 0 Å². The Hall–Kier alpha value is -1.92. The van der Waals surface area contributed by atoms with Gasteiger partial charge in [-0.1, -0.05) is 30.3 Å². The topological polar surface area (TPSA) is 81.9 Å². The maximum Gasteiger partial charge on any atom is 0.311 e. The molecule has 0 unspecified atom stereocenters. The highest BCUT2D eigenvalue weighted by atomic mass is 16.5. The van der Waals surface area contributed by atoms with E-state index in [1.165, 1.54) is 4.90 Å². The molecule has 0 aromatic heterocycles. The summed E-state index contributed by atoms with van der Waals surface area (Å²) in [6.07, 6.45) is 1.51. The Balaban J connectivity index is 2.02. The lowest BCUT2D eigenvalue weighted by Gasteiger charge is -2.25. The molecule has 2 N–H and O–H groups in total. The highest BCUT2D eigenvalue weighted by Crippen LogP contribution is 2.33. The minimum atomic E-state index is -0.900. The lowest BCUT2D eigenvalue weighted by Crippen LogP contribution is -2.39. The summed E-state index contributed by atoms with van der Waals surface area (Å²) in [7, 11) is 1.67. The number of hydrogen-bond donors (Lipinski definition) is 1. The molecule has 1 aliphatic heterocycles. The number of primary amides is 1. The third-order valence-corrected chi connectivity index (χ3v) is 4.07. The fraction of sp³-hybridized carbons (Fsp3) is 0.529. The second-order valence-electron chi connectivity index (χ2n) is 5.71. The van der Waals surface area contributed by atoms with Gasteiger partial charge in [-0.25, -0.2) is 0 Å². The summed E-state index contributed by atoms with van der Waals surface area (Å²) in [6, 6.07) is 9.96. The SMILES string of the molecule is COCCCO[C@@H](c1ccccc1)[C@@H]1CCN(C(=O)C(N)=O)C1. The first-order valence-electron chi connectivity index (χ1n) is 7.87. The number of hydrogen-bond acceptors (Lipinski definition) is 4. The van der Waals surface area contributed by atoms with Crippen LogP contribution in [0.25, 0.3) is 0 Å². The van der Waals surface area contributed by atoms with Crippen molar-refractivity contribution in [3.05, 3.63) is 35.9 Å². The van der Waals surface area contributed by atoms with Crippen LogP contribution < -0.4 is 5.73 Å². The molecule has 2 atom stereocenters. The van der Waals surface area contributed by atoms with Crippen LogP contribution in [-0.4, -0.2) is 50.1 Å². The van der Waals surface area contributed by atoms with Crippen molar-refractivity contribution in [3.8, 4) is 0 Å². The number of ether oxygens (including phenoxy) is 2. The van der Waals surface area contributed by atoms with Crippen LogP contribution in [0.1, 0.15) is 24.5 Å². The second kappa shape index (κ2) is 8.64. The Bertz CT molecular complexity index is 521. The zero-order valence-electron chi connectivity index (χ0n) is 13.4. The normalized spacial score (nSPS) is 18.8. The van der Waals surface area contributed by atoms with E-state index < -0.39 is 11.8 Å². The summed E-state index contributed by atoms with van der Waals surface area (Å²) >= 11 is 0. The molecule has 126 valence electrons. The molecule has 0 bridgehead atoms. The number of amides is 2. The Morgan fingerprint density at radius 3 is 2.70 bits per heavy atom. The van der Waals surface area contributed by atoms with Gasteiger partial charge in [0.2, 0.25) is 0 Å². The van der Waals surface area contributed by atoms with Gasteiger partial charge in [0.05, 0.1) is 6.10 Å². The molecule has 6 nitrogen and oxygen atoms in total. The Kier molecular flexibility index (Phi) is 6.55. The van der Waals surface area contributed by atoms with Crippen molar-refractivity contribution in [2.24, 2.45) is 11.7 Å². The number of carbonyl (C=O) groups excluding carboxylic acids is 2. The third kappa shape index (κ3) is 4.77. The van der Waals surface area contributed by atoms with Crippen molar-refractivity contribution < 1.29 is 19.1 Å². The van der Waals surface area contributed by atoms with Gasteiger partial charge in [-0.2, -0.15) is 0 Å². The largest absolute Gasteiger partial charge is 0.385 e. The molecule has 1 aliphatic rings. The minimum absolute atomic E-state index is 0.0984. The fourth-order valence-corrected chi connectivity index (χ4v) is 2.94. The van der Waals surface area contributed by atoms with Crippen LogP contribution in [0.2, 0.25) is 0 Å². The quantitative estimate of drug-likeness (QED) is 0.603. The van der Waals surface area contributed by atoms with Gasteiger partial charge in [0.15, 0.2) is 0 Å². The van der Waals surface area contributed by atoms with Crippen LogP contribution in [0.5, 0.6) is 0 Å². The zero-order valence-corrected chi connectivity index (χ0v) is 13.4. The number of methoxy groups -OCH3 is 1. The van der Waals surface area contributed by atoms with Gasteiger partial charge in [0, 0.05) is 39.3 Å². The summed E-state index contributed by atoms with van der Waals surface area (Å²) in [5.74, 6) is -1.36. The number of rotatable bonds is 7. The predicted octanol–water partition coefficient (Wildman–Crippen LogP) is 1.11. The number of benzene rings is 1.